The number of nitrogens with zero attached hydrogens (tertiary/aromatic N) is 1. The fourth-order valence-corrected chi connectivity index (χ4v) is 0.505. The topological polar surface area (TPSA) is 33.6 Å². The third kappa shape index (κ3) is 1.07. The summed E-state index contributed by atoms with van der Waals surface area (Å²) in [5.74, 6) is 0. The van der Waals surface area contributed by atoms with Crippen molar-refractivity contribution in [2.45, 2.75) is 12.6 Å². The first kappa shape index (κ1) is 5.31. The Kier molecular flexibility index (Phi) is 1.64. The van der Waals surface area contributed by atoms with E-state index >= 15 is 0 Å². The molecule has 3 heteroatoms. The fourth-order valence-electron chi connectivity index (χ4n) is 0.505. The molecule has 0 fully saturated rings. The number of hydroxylamine groups is 1. The maximum atomic E-state index is 4.85. The van der Waals surface area contributed by atoms with E-state index in [0.29, 0.717) is 0 Å². The van der Waals surface area contributed by atoms with Crippen LogP contribution in [0.25, 0.3) is 0 Å². The average molecular weight is 112 g/mol. The van der Waals surface area contributed by atoms with E-state index in [1.807, 2.05) is 0 Å². The maximum absolute atomic E-state index is 4.85. The number of hydrogen-bond acceptors (Lipinski definition) is 3. The van der Waals surface area contributed by atoms with E-state index < -0.39 is 0 Å². The molecule has 0 aromatic rings. The van der Waals surface area contributed by atoms with Gasteiger partial charge in [-0.05, 0) is 0 Å². The Bertz CT molecular complexity index is 111. The number of rotatable bonds is 2. The highest BCUT2D eigenvalue weighted by Crippen LogP contribution is 2.00. The van der Waals surface area contributed by atoms with Gasteiger partial charge >= 0.3 is 0 Å². The molecule has 0 bridgehead atoms. The molecular formula is C5H8N2O. The molecule has 0 saturated heterocycles. The molecule has 1 N–H and O–H groups in total. The number of nitrogens with one attached hydrogen (secondary N) is 1. The summed E-state index contributed by atoms with van der Waals surface area (Å²) in [5.41, 5.74) is 2.52. The number of aliphatic imine (C=N–C) groups is 1. The summed E-state index contributed by atoms with van der Waals surface area (Å²) in [5, 5.41) is 0. The van der Waals surface area contributed by atoms with E-state index in [1.165, 1.54) is 6.34 Å². The molecule has 0 radical (unpaired) electrons. The van der Waals surface area contributed by atoms with Crippen molar-refractivity contribution < 1.29 is 4.84 Å². The average Bonchev–Trinajstić information content (AvgIpc) is 2.19. The Morgan fingerprint density at radius 1 is 2.00 bits per heavy atom. The summed E-state index contributed by atoms with van der Waals surface area (Å²) in [6.07, 6.45) is 4.03. The highest BCUT2D eigenvalue weighted by Gasteiger charge is 2.06. The molecule has 1 heterocycles. The fraction of sp³-hybridized carbons (Fsp3) is 0.400. The first-order valence-electron chi connectivity index (χ1n) is 2.47. The Hall–Kier alpha value is -0.830. The van der Waals surface area contributed by atoms with Crippen LogP contribution < -0.4 is 5.48 Å². The van der Waals surface area contributed by atoms with Gasteiger partial charge in [-0.1, -0.05) is 6.08 Å². The summed E-state index contributed by atoms with van der Waals surface area (Å²) in [7, 11) is 0. The predicted molar refractivity (Wildman–Crippen MR) is 31.3 cm³/mol. The second-order valence-corrected chi connectivity index (χ2v) is 1.49. The number of hydrogen-bond donors (Lipinski definition) is 1. The van der Waals surface area contributed by atoms with Gasteiger partial charge in [0.1, 0.15) is 6.34 Å². The van der Waals surface area contributed by atoms with Crippen molar-refractivity contribution in [1.29, 1.82) is 0 Å². The van der Waals surface area contributed by atoms with Crippen molar-refractivity contribution in [3.8, 4) is 0 Å². The Morgan fingerprint density at radius 3 is 3.38 bits per heavy atom. The molecule has 1 atom stereocenters. The van der Waals surface area contributed by atoms with Gasteiger partial charge in [-0.15, -0.1) is 6.58 Å². The van der Waals surface area contributed by atoms with Crippen molar-refractivity contribution >= 4 is 6.34 Å². The van der Waals surface area contributed by atoms with Crippen LogP contribution in [-0.2, 0) is 4.84 Å². The summed E-state index contributed by atoms with van der Waals surface area (Å²) in [6, 6.07) is 0. The van der Waals surface area contributed by atoms with Crippen LogP contribution in [0.1, 0.15) is 6.42 Å². The molecule has 8 heavy (non-hydrogen) atoms. The van der Waals surface area contributed by atoms with E-state index in [2.05, 4.69) is 17.1 Å². The van der Waals surface area contributed by atoms with E-state index in [9.17, 15) is 0 Å². The molecule has 1 unspecified atom stereocenters. The molecule has 44 valence electrons. The summed E-state index contributed by atoms with van der Waals surface area (Å²) < 4.78 is 0. The minimum absolute atomic E-state index is 0.0486. The molecule has 0 aliphatic carbocycles. The van der Waals surface area contributed by atoms with Crippen LogP contribution in [0.3, 0.4) is 0 Å². The minimum Gasteiger partial charge on any atom is -0.254 e. The Balaban J connectivity index is 2.25. The molecule has 0 aromatic carbocycles. The lowest BCUT2D eigenvalue weighted by Crippen LogP contribution is -2.10. The zero-order valence-corrected chi connectivity index (χ0v) is 4.50. The van der Waals surface area contributed by atoms with Gasteiger partial charge in [0.2, 0.25) is 0 Å². The standard InChI is InChI=1S/C5H8N2O/c1-2-3-5-6-4-7-8-5/h2,4-5H,1,3H2,(H,6,7). The minimum atomic E-state index is -0.0486. The van der Waals surface area contributed by atoms with Crippen molar-refractivity contribution in [2.24, 2.45) is 4.99 Å². The van der Waals surface area contributed by atoms with Crippen LogP contribution >= 0.6 is 0 Å². The van der Waals surface area contributed by atoms with E-state index in [4.69, 9.17) is 4.84 Å². The van der Waals surface area contributed by atoms with Crippen molar-refractivity contribution in [3.63, 3.8) is 0 Å². The highest BCUT2D eigenvalue weighted by atomic mass is 16.7. The van der Waals surface area contributed by atoms with Gasteiger partial charge in [0, 0.05) is 6.42 Å². The van der Waals surface area contributed by atoms with Crippen LogP contribution in [0.4, 0.5) is 0 Å². The molecule has 1 rings (SSSR count). The van der Waals surface area contributed by atoms with Gasteiger partial charge in [0.05, 0.1) is 0 Å². The molecular weight excluding hydrogens is 104 g/mol. The molecule has 1 aliphatic heterocycles. The lowest BCUT2D eigenvalue weighted by Gasteiger charge is -1.98. The molecule has 0 amide bonds. The van der Waals surface area contributed by atoms with Gasteiger partial charge in [0.15, 0.2) is 6.23 Å². The van der Waals surface area contributed by atoms with Gasteiger partial charge in [-0.25, -0.2) is 9.83 Å². The zero-order chi connectivity index (χ0) is 5.82. The van der Waals surface area contributed by atoms with Crippen LogP contribution in [0.15, 0.2) is 17.6 Å². The van der Waals surface area contributed by atoms with Crippen LogP contribution in [0.5, 0.6) is 0 Å². The van der Waals surface area contributed by atoms with Crippen molar-refractivity contribution in [1.82, 2.24) is 5.48 Å². The second kappa shape index (κ2) is 2.47. The molecule has 3 nitrogen and oxygen atoms in total. The van der Waals surface area contributed by atoms with E-state index in [0.717, 1.165) is 6.42 Å². The Labute approximate surface area is 48.0 Å². The zero-order valence-electron chi connectivity index (χ0n) is 4.50. The normalized spacial score (nSPS) is 25.2. The molecule has 1 aliphatic rings. The van der Waals surface area contributed by atoms with Crippen LogP contribution in [0, 0.1) is 0 Å². The van der Waals surface area contributed by atoms with Crippen molar-refractivity contribution in [3.05, 3.63) is 12.7 Å². The van der Waals surface area contributed by atoms with Gasteiger partial charge in [-0.3, -0.25) is 5.48 Å². The SMILES string of the molecule is C=CCC1N=CNO1. The predicted octanol–water partition coefficient (Wildman–Crippen LogP) is 0.452. The van der Waals surface area contributed by atoms with Gasteiger partial charge in [0.25, 0.3) is 0 Å². The van der Waals surface area contributed by atoms with Crippen molar-refractivity contribution in [2.75, 3.05) is 0 Å². The monoisotopic (exact) mass is 112 g/mol. The van der Waals surface area contributed by atoms with E-state index in [1.54, 1.807) is 6.08 Å². The van der Waals surface area contributed by atoms with Crippen LogP contribution in [-0.4, -0.2) is 12.6 Å². The lowest BCUT2D eigenvalue weighted by molar-refractivity contribution is 0.0417. The first-order valence-corrected chi connectivity index (χ1v) is 2.47. The Morgan fingerprint density at radius 2 is 2.88 bits per heavy atom. The maximum Gasteiger partial charge on any atom is 0.180 e. The van der Waals surface area contributed by atoms with E-state index in [-0.39, 0.29) is 6.23 Å². The third-order valence-corrected chi connectivity index (χ3v) is 0.866. The smallest absolute Gasteiger partial charge is 0.180 e. The summed E-state index contributed by atoms with van der Waals surface area (Å²) in [4.78, 5) is 8.75. The van der Waals surface area contributed by atoms with Crippen LogP contribution in [0.2, 0.25) is 0 Å². The molecule has 0 aromatic heterocycles. The van der Waals surface area contributed by atoms with Gasteiger partial charge < -0.3 is 0 Å². The largest absolute Gasteiger partial charge is 0.254 e. The molecule has 0 saturated carbocycles. The summed E-state index contributed by atoms with van der Waals surface area (Å²) >= 11 is 0. The molecule has 0 spiro atoms. The summed E-state index contributed by atoms with van der Waals surface area (Å²) in [6.45, 7) is 3.54. The van der Waals surface area contributed by atoms with Gasteiger partial charge in [-0.2, -0.15) is 0 Å². The highest BCUT2D eigenvalue weighted by molar-refractivity contribution is 5.54. The third-order valence-electron chi connectivity index (χ3n) is 0.866. The lowest BCUT2D eigenvalue weighted by atomic mass is 10.4. The first-order chi connectivity index (χ1) is 3.93. The quantitative estimate of drug-likeness (QED) is 0.526. The second-order valence-electron chi connectivity index (χ2n) is 1.49.